The van der Waals surface area contributed by atoms with E-state index in [4.69, 9.17) is 5.73 Å². The summed E-state index contributed by atoms with van der Waals surface area (Å²) < 4.78 is 0. The smallest absolute Gasteiger partial charge is 0.0223 e. The number of fused-ring (bicyclic) bond motifs is 2. The van der Waals surface area contributed by atoms with Crippen LogP contribution < -0.4 is 5.73 Å². The van der Waals surface area contributed by atoms with Crippen LogP contribution in [0.4, 0.5) is 0 Å². The maximum absolute atomic E-state index is 6.69. The van der Waals surface area contributed by atoms with Crippen molar-refractivity contribution in [1.29, 1.82) is 0 Å². The molecule has 92 valence electrons. The molecule has 2 rings (SSSR count). The average molecular weight is 221 g/mol. The van der Waals surface area contributed by atoms with Gasteiger partial charge in [0.1, 0.15) is 0 Å². The molecule has 0 heterocycles. The third-order valence-corrected chi connectivity index (χ3v) is 4.75. The highest BCUT2D eigenvalue weighted by atomic mass is 14.8. The molecule has 0 radical (unpaired) electrons. The molecule has 2 aliphatic rings. The maximum atomic E-state index is 6.69. The zero-order chi connectivity index (χ0) is 12.0. The van der Waals surface area contributed by atoms with E-state index in [1.54, 1.807) is 0 Å². The van der Waals surface area contributed by atoms with Crippen LogP contribution in [0.2, 0.25) is 0 Å². The third kappa shape index (κ3) is 2.07. The van der Waals surface area contributed by atoms with Crippen LogP contribution in [-0.4, -0.2) is 5.54 Å². The van der Waals surface area contributed by atoms with Crippen LogP contribution in [0.1, 0.15) is 59.8 Å². The Morgan fingerprint density at radius 1 is 1.19 bits per heavy atom. The lowest BCUT2D eigenvalue weighted by Gasteiger charge is -2.41. The summed E-state index contributed by atoms with van der Waals surface area (Å²) in [5.74, 6) is 0.734. The van der Waals surface area contributed by atoms with E-state index >= 15 is 0 Å². The van der Waals surface area contributed by atoms with Gasteiger partial charge in [-0.15, -0.1) is 0 Å². The highest BCUT2D eigenvalue weighted by Gasteiger charge is 2.55. The molecule has 0 amide bonds. The lowest BCUT2D eigenvalue weighted by molar-refractivity contribution is 0.103. The Bertz CT molecular complexity index is 305. The van der Waals surface area contributed by atoms with Gasteiger partial charge in [0.25, 0.3) is 0 Å². The van der Waals surface area contributed by atoms with Crippen molar-refractivity contribution in [3.63, 3.8) is 0 Å². The Kier molecular flexibility index (Phi) is 2.73. The monoisotopic (exact) mass is 221 g/mol. The lowest BCUT2D eigenvalue weighted by atomic mass is 9.65. The van der Waals surface area contributed by atoms with Crippen LogP contribution in [0.5, 0.6) is 0 Å². The topological polar surface area (TPSA) is 26.0 Å². The van der Waals surface area contributed by atoms with Crippen LogP contribution in [0.15, 0.2) is 12.2 Å². The highest BCUT2D eigenvalue weighted by Crippen LogP contribution is 2.61. The van der Waals surface area contributed by atoms with Gasteiger partial charge in [-0.2, -0.15) is 0 Å². The van der Waals surface area contributed by atoms with Gasteiger partial charge in [0.2, 0.25) is 0 Å². The standard InChI is InChI=1S/C15H27N/c1-5-6-7-15(16)11-14(4)9-12(15)8-13(2,3)10-14/h5-6,12H,7-11,16H2,1-4H3/b6-5-. The van der Waals surface area contributed by atoms with Crippen LogP contribution in [0, 0.1) is 16.7 Å². The third-order valence-electron chi connectivity index (χ3n) is 4.75. The summed E-state index contributed by atoms with van der Waals surface area (Å²) in [5, 5.41) is 0. The van der Waals surface area contributed by atoms with Gasteiger partial charge >= 0.3 is 0 Å². The molecular formula is C15H27N. The Morgan fingerprint density at radius 2 is 1.88 bits per heavy atom. The summed E-state index contributed by atoms with van der Waals surface area (Å²) in [7, 11) is 0. The van der Waals surface area contributed by atoms with Crippen molar-refractivity contribution in [2.24, 2.45) is 22.5 Å². The molecule has 2 bridgehead atoms. The van der Waals surface area contributed by atoms with Crippen molar-refractivity contribution in [3.05, 3.63) is 12.2 Å². The van der Waals surface area contributed by atoms with E-state index in [9.17, 15) is 0 Å². The van der Waals surface area contributed by atoms with E-state index in [1.807, 2.05) is 0 Å². The molecule has 1 heteroatoms. The minimum atomic E-state index is 0.0784. The Hall–Kier alpha value is -0.300. The molecule has 2 N–H and O–H groups in total. The fourth-order valence-corrected chi connectivity index (χ4v) is 4.69. The van der Waals surface area contributed by atoms with Crippen LogP contribution >= 0.6 is 0 Å². The Morgan fingerprint density at radius 3 is 2.50 bits per heavy atom. The molecule has 3 atom stereocenters. The Balaban J connectivity index is 2.21. The summed E-state index contributed by atoms with van der Waals surface area (Å²) in [6, 6.07) is 0. The van der Waals surface area contributed by atoms with Crippen molar-refractivity contribution in [3.8, 4) is 0 Å². The van der Waals surface area contributed by atoms with Crippen molar-refractivity contribution in [2.75, 3.05) is 0 Å². The molecule has 0 aliphatic heterocycles. The first-order valence-corrected chi connectivity index (χ1v) is 6.69. The zero-order valence-corrected chi connectivity index (χ0v) is 11.3. The van der Waals surface area contributed by atoms with Gasteiger partial charge < -0.3 is 5.73 Å². The first kappa shape index (κ1) is 12.2. The molecule has 2 fully saturated rings. The van der Waals surface area contributed by atoms with Gasteiger partial charge in [-0.3, -0.25) is 0 Å². The molecule has 16 heavy (non-hydrogen) atoms. The molecule has 0 spiro atoms. The van der Waals surface area contributed by atoms with E-state index in [2.05, 4.69) is 39.8 Å². The molecule has 0 saturated heterocycles. The van der Waals surface area contributed by atoms with E-state index in [-0.39, 0.29) is 5.54 Å². The number of hydrogen-bond donors (Lipinski definition) is 1. The maximum Gasteiger partial charge on any atom is 0.0223 e. The second kappa shape index (κ2) is 3.60. The number of allylic oxidation sites excluding steroid dienone is 1. The SMILES string of the molecule is C/C=C\CC1(N)CC2(C)CC1CC(C)(C)C2. The highest BCUT2D eigenvalue weighted by molar-refractivity contribution is 5.12. The van der Waals surface area contributed by atoms with Crippen molar-refractivity contribution >= 4 is 0 Å². The summed E-state index contributed by atoms with van der Waals surface area (Å²) in [6.07, 6.45) is 10.7. The minimum Gasteiger partial charge on any atom is -0.325 e. The number of nitrogens with two attached hydrogens (primary N) is 1. The van der Waals surface area contributed by atoms with Crippen molar-refractivity contribution < 1.29 is 0 Å². The summed E-state index contributed by atoms with van der Waals surface area (Å²) >= 11 is 0. The van der Waals surface area contributed by atoms with Gasteiger partial charge in [0.05, 0.1) is 0 Å². The summed E-state index contributed by atoms with van der Waals surface area (Å²) in [6.45, 7) is 9.37. The first-order chi connectivity index (χ1) is 7.29. The fraction of sp³-hybridized carbons (Fsp3) is 0.867. The van der Waals surface area contributed by atoms with Crippen LogP contribution in [0.25, 0.3) is 0 Å². The molecule has 3 unspecified atom stereocenters. The van der Waals surface area contributed by atoms with E-state index in [0.717, 1.165) is 12.3 Å². The van der Waals surface area contributed by atoms with Gasteiger partial charge in [0, 0.05) is 5.54 Å². The van der Waals surface area contributed by atoms with Crippen molar-refractivity contribution in [2.45, 2.75) is 65.3 Å². The summed E-state index contributed by atoms with van der Waals surface area (Å²) in [5.41, 5.74) is 7.76. The minimum absolute atomic E-state index is 0.0784. The second-order valence-corrected chi connectivity index (χ2v) is 7.44. The van der Waals surface area contributed by atoms with Crippen molar-refractivity contribution in [1.82, 2.24) is 0 Å². The molecule has 0 aromatic rings. The van der Waals surface area contributed by atoms with E-state index < -0.39 is 0 Å². The van der Waals surface area contributed by atoms with Crippen LogP contribution in [0.3, 0.4) is 0 Å². The van der Waals surface area contributed by atoms with Crippen LogP contribution in [-0.2, 0) is 0 Å². The largest absolute Gasteiger partial charge is 0.325 e. The quantitative estimate of drug-likeness (QED) is 0.703. The predicted octanol–water partition coefficient (Wildman–Crippen LogP) is 3.89. The summed E-state index contributed by atoms with van der Waals surface area (Å²) in [4.78, 5) is 0. The van der Waals surface area contributed by atoms with Gasteiger partial charge in [0.15, 0.2) is 0 Å². The number of hydrogen-bond acceptors (Lipinski definition) is 1. The molecule has 0 aromatic heterocycles. The van der Waals surface area contributed by atoms with Gasteiger partial charge in [-0.1, -0.05) is 32.9 Å². The van der Waals surface area contributed by atoms with E-state index in [1.165, 1.54) is 25.7 Å². The number of rotatable bonds is 2. The molecule has 1 nitrogen and oxygen atoms in total. The normalized spacial score (nSPS) is 46.4. The predicted molar refractivity (Wildman–Crippen MR) is 70.2 cm³/mol. The molecule has 2 aliphatic carbocycles. The Labute approximate surface area is 100 Å². The zero-order valence-electron chi connectivity index (χ0n) is 11.3. The molecule has 2 saturated carbocycles. The average Bonchev–Trinajstić information content (AvgIpc) is 2.28. The lowest BCUT2D eigenvalue weighted by Crippen LogP contribution is -2.43. The second-order valence-electron chi connectivity index (χ2n) is 7.44. The molecule has 0 aromatic carbocycles. The first-order valence-electron chi connectivity index (χ1n) is 6.69. The van der Waals surface area contributed by atoms with Gasteiger partial charge in [-0.05, 0) is 55.8 Å². The van der Waals surface area contributed by atoms with E-state index in [0.29, 0.717) is 10.8 Å². The molecular weight excluding hydrogens is 194 g/mol. The van der Waals surface area contributed by atoms with Gasteiger partial charge in [-0.25, -0.2) is 0 Å². The fourth-order valence-electron chi connectivity index (χ4n) is 4.69.